The maximum atomic E-state index is 13.7. The number of nitrogens with one attached hydrogen (secondary N) is 1. The molecule has 7 nitrogen and oxygen atoms in total. The van der Waals surface area contributed by atoms with Gasteiger partial charge in [0.2, 0.25) is 0 Å². The Bertz CT molecular complexity index is 919. The topological polar surface area (TPSA) is 74.8 Å². The first-order valence-corrected chi connectivity index (χ1v) is 11.7. The van der Waals surface area contributed by atoms with E-state index in [2.05, 4.69) is 48.1 Å². The lowest BCUT2D eigenvalue weighted by molar-refractivity contribution is -0.143. The van der Waals surface area contributed by atoms with Gasteiger partial charge in [0.15, 0.2) is 0 Å². The van der Waals surface area contributed by atoms with Crippen LogP contribution in [0, 0.1) is 5.92 Å². The number of hydrogen-bond acceptors (Lipinski definition) is 6. The van der Waals surface area contributed by atoms with Gasteiger partial charge in [0.1, 0.15) is 5.82 Å². The molecule has 2 heterocycles. The van der Waals surface area contributed by atoms with Crippen LogP contribution in [0.1, 0.15) is 49.5 Å². The highest BCUT2D eigenvalue weighted by Crippen LogP contribution is 2.26. The predicted molar refractivity (Wildman–Crippen MR) is 130 cm³/mol. The Morgan fingerprint density at radius 3 is 2.61 bits per heavy atom. The Balaban J connectivity index is 1.81. The molecular weight excluding hydrogens is 416 g/mol. The van der Waals surface area contributed by atoms with Crippen LogP contribution in [0.3, 0.4) is 0 Å². The molecule has 0 bridgehead atoms. The second-order valence-electron chi connectivity index (χ2n) is 9.05. The molecule has 178 valence electrons. The van der Waals surface area contributed by atoms with Crippen molar-refractivity contribution in [3.05, 3.63) is 59.8 Å². The molecule has 0 spiro atoms. The van der Waals surface area contributed by atoms with E-state index in [4.69, 9.17) is 4.74 Å². The Labute approximate surface area is 197 Å². The number of piperazine rings is 1. The fourth-order valence-corrected chi connectivity index (χ4v) is 4.29. The van der Waals surface area contributed by atoms with Gasteiger partial charge in [-0.3, -0.25) is 14.5 Å². The number of methoxy groups -OCH3 is 1. The normalized spacial score (nSPS) is 18.9. The summed E-state index contributed by atoms with van der Waals surface area (Å²) in [7, 11) is 1.39. The van der Waals surface area contributed by atoms with E-state index >= 15 is 0 Å². The number of ether oxygens (including phenoxy) is 1. The predicted octanol–water partition coefficient (Wildman–Crippen LogP) is 3.82. The number of esters is 1. The number of hydrogen-bond donors (Lipinski definition) is 1. The molecule has 1 saturated heterocycles. The second kappa shape index (κ2) is 11.8. The Kier molecular flexibility index (Phi) is 8.83. The highest BCUT2D eigenvalue weighted by atomic mass is 16.5. The van der Waals surface area contributed by atoms with E-state index in [0.29, 0.717) is 23.8 Å². The molecular formula is C26H36N4O3. The summed E-state index contributed by atoms with van der Waals surface area (Å²) < 4.78 is 4.97. The minimum atomic E-state index is -0.312. The molecule has 0 saturated carbocycles. The Hall–Kier alpha value is -2.93. The number of benzene rings is 1. The molecule has 0 aliphatic carbocycles. The monoisotopic (exact) mass is 452 g/mol. The number of carbonyl (C=O) groups excluding carboxylic acids is 2. The van der Waals surface area contributed by atoms with Gasteiger partial charge in [-0.25, -0.2) is 4.98 Å². The number of rotatable bonds is 9. The minimum Gasteiger partial charge on any atom is -0.469 e. The van der Waals surface area contributed by atoms with E-state index in [1.54, 1.807) is 12.3 Å². The van der Waals surface area contributed by atoms with Crippen LogP contribution in [-0.4, -0.2) is 65.5 Å². The van der Waals surface area contributed by atoms with Crippen LogP contribution < -0.4 is 5.32 Å². The molecule has 0 radical (unpaired) electrons. The van der Waals surface area contributed by atoms with Gasteiger partial charge in [-0.1, -0.05) is 44.2 Å². The van der Waals surface area contributed by atoms with Crippen LogP contribution in [0.4, 0.5) is 5.82 Å². The van der Waals surface area contributed by atoms with E-state index in [1.807, 2.05) is 29.2 Å². The zero-order chi connectivity index (χ0) is 23.8. The lowest BCUT2D eigenvalue weighted by Crippen LogP contribution is -2.60. The molecule has 1 aromatic heterocycles. The van der Waals surface area contributed by atoms with Crippen molar-refractivity contribution in [1.29, 1.82) is 0 Å². The van der Waals surface area contributed by atoms with E-state index < -0.39 is 0 Å². The third-order valence-electron chi connectivity index (χ3n) is 6.31. The standard InChI is InChI=1S/C26H36N4O3/c1-19(2)12-14-28-25-22(11-8-13-27-25)26(32)30-16-15-29(18-21-9-6-5-7-10-21)20(3)23(30)17-24(31)33-4/h5-11,13,19-20,23H,12,14-18H2,1-4H3,(H,27,28)/t20-,23+/m0/s1. The average Bonchev–Trinajstić information content (AvgIpc) is 2.82. The van der Waals surface area contributed by atoms with Crippen LogP contribution in [0.15, 0.2) is 48.7 Å². The number of nitrogens with zero attached hydrogens (tertiary/aromatic N) is 3. The zero-order valence-electron chi connectivity index (χ0n) is 20.2. The zero-order valence-corrected chi connectivity index (χ0v) is 20.2. The number of amides is 1. The summed E-state index contributed by atoms with van der Waals surface area (Å²) in [5, 5.41) is 3.32. The average molecular weight is 453 g/mol. The Morgan fingerprint density at radius 2 is 1.91 bits per heavy atom. The van der Waals surface area contributed by atoms with Gasteiger partial charge in [0.05, 0.1) is 25.1 Å². The molecule has 1 aromatic carbocycles. The van der Waals surface area contributed by atoms with Crippen molar-refractivity contribution in [1.82, 2.24) is 14.8 Å². The van der Waals surface area contributed by atoms with Crippen molar-refractivity contribution in [2.45, 2.75) is 52.2 Å². The van der Waals surface area contributed by atoms with Gasteiger partial charge >= 0.3 is 5.97 Å². The molecule has 1 N–H and O–H groups in total. The van der Waals surface area contributed by atoms with Crippen molar-refractivity contribution in [2.24, 2.45) is 5.92 Å². The van der Waals surface area contributed by atoms with Crippen molar-refractivity contribution < 1.29 is 14.3 Å². The molecule has 1 fully saturated rings. The minimum absolute atomic E-state index is 0.00368. The van der Waals surface area contributed by atoms with Crippen molar-refractivity contribution in [3.63, 3.8) is 0 Å². The number of carbonyl (C=O) groups is 2. The third kappa shape index (κ3) is 6.54. The summed E-state index contributed by atoms with van der Waals surface area (Å²) in [4.78, 5) is 34.5. The molecule has 2 aromatic rings. The maximum absolute atomic E-state index is 13.7. The fourth-order valence-electron chi connectivity index (χ4n) is 4.29. The van der Waals surface area contributed by atoms with Gasteiger partial charge in [-0.2, -0.15) is 0 Å². The van der Waals surface area contributed by atoms with Gasteiger partial charge < -0.3 is 15.0 Å². The van der Waals surface area contributed by atoms with Crippen molar-refractivity contribution in [3.8, 4) is 0 Å². The first-order valence-electron chi connectivity index (χ1n) is 11.7. The first-order chi connectivity index (χ1) is 15.9. The fraction of sp³-hybridized carbons (Fsp3) is 0.500. The maximum Gasteiger partial charge on any atom is 0.307 e. The molecule has 3 rings (SSSR count). The van der Waals surface area contributed by atoms with Crippen molar-refractivity contribution in [2.75, 3.05) is 32.1 Å². The van der Waals surface area contributed by atoms with Gasteiger partial charge in [0, 0.05) is 38.4 Å². The lowest BCUT2D eigenvalue weighted by Gasteiger charge is -2.46. The lowest BCUT2D eigenvalue weighted by atomic mass is 9.97. The van der Waals surface area contributed by atoms with E-state index in [1.165, 1.54) is 12.7 Å². The van der Waals surface area contributed by atoms with Gasteiger partial charge in [-0.15, -0.1) is 0 Å². The smallest absolute Gasteiger partial charge is 0.307 e. The molecule has 0 unspecified atom stereocenters. The largest absolute Gasteiger partial charge is 0.469 e. The van der Waals surface area contributed by atoms with E-state index in [-0.39, 0.29) is 30.4 Å². The highest BCUT2D eigenvalue weighted by molar-refractivity contribution is 5.99. The van der Waals surface area contributed by atoms with Crippen LogP contribution >= 0.6 is 0 Å². The molecule has 1 amide bonds. The molecule has 1 aliphatic heterocycles. The SMILES string of the molecule is COC(=O)C[C@@H]1[C@H](C)N(Cc2ccccc2)CCN1C(=O)c1cccnc1NCCC(C)C. The van der Waals surface area contributed by atoms with Crippen LogP contribution in [0.5, 0.6) is 0 Å². The number of pyridine rings is 1. The molecule has 33 heavy (non-hydrogen) atoms. The van der Waals surface area contributed by atoms with Crippen molar-refractivity contribution >= 4 is 17.7 Å². The van der Waals surface area contributed by atoms with Crippen LogP contribution in [0.25, 0.3) is 0 Å². The van der Waals surface area contributed by atoms with Crippen LogP contribution in [-0.2, 0) is 16.1 Å². The molecule has 1 aliphatic rings. The van der Waals surface area contributed by atoms with Gasteiger partial charge in [0.25, 0.3) is 5.91 Å². The second-order valence-corrected chi connectivity index (χ2v) is 9.05. The first kappa shape index (κ1) is 24.7. The van der Waals surface area contributed by atoms with Gasteiger partial charge in [-0.05, 0) is 37.0 Å². The highest BCUT2D eigenvalue weighted by Gasteiger charge is 2.38. The third-order valence-corrected chi connectivity index (χ3v) is 6.31. The van der Waals surface area contributed by atoms with E-state index in [0.717, 1.165) is 26.1 Å². The quantitative estimate of drug-likeness (QED) is 0.583. The summed E-state index contributed by atoms with van der Waals surface area (Å²) in [6.45, 7) is 9.22. The van der Waals surface area contributed by atoms with Crippen LogP contribution in [0.2, 0.25) is 0 Å². The summed E-state index contributed by atoms with van der Waals surface area (Å²) in [5.41, 5.74) is 1.75. The molecule has 2 atom stereocenters. The summed E-state index contributed by atoms with van der Waals surface area (Å²) in [5.74, 6) is 0.741. The summed E-state index contributed by atoms with van der Waals surface area (Å²) in [6, 6.07) is 13.6. The number of aromatic nitrogens is 1. The number of anilines is 1. The summed E-state index contributed by atoms with van der Waals surface area (Å²) >= 11 is 0. The summed E-state index contributed by atoms with van der Waals surface area (Å²) in [6.07, 6.45) is 2.84. The van der Waals surface area contributed by atoms with E-state index in [9.17, 15) is 9.59 Å². The Morgan fingerprint density at radius 1 is 1.15 bits per heavy atom. The molecule has 7 heteroatoms.